The van der Waals surface area contributed by atoms with Gasteiger partial charge in [0.1, 0.15) is 0 Å². The molecule has 0 atom stereocenters. The number of amides is 1. The van der Waals surface area contributed by atoms with E-state index in [1.165, 1.54) is 0 Å². The summed E-state index contributed by atoms with van der Waals surface area (Å²) in [4.78, 5) is 11.6. The van der Waals surface area contributed by atoms with E-state index >= 15 is 0 Å². The zero-order valence-electron chi connectivity index (χ0n) is 9.72. The Balaban J connectivity index is 2.34. The van der Waals surface area contributed by atoms with Crippen molar-refractivity contribution in [3.8, 4) is 0 Å². The molecular formula is C11H19F2NO2. The van der Waals surface area contributed by atoms with Crippen molar-refractivity contribution in [2.75, 3.05) is 6.54 Å². The molecule has 5 heteroatoms. The van der Waals surface area contributed by atoms with Crippen LogP contribution in [0.25, 0.3) is 0 Å². The molecule has 0 unspecified atom stereocenters. The number of hydrogen-bond donors (Lipinski definition) is 2. The average Bonchev–Trinajstić information content (AvgIpc) is 2.13. The molecule has 0 aliphatic heterocycles. The first-order chi connectivity index (χ1) is 7.20. The van der Waals surface area contributed by atoms with E-state index in [-0.39, 0.29) is 44.1 Å². The van der Waals surface area contributed by atoms with E-state index in [0.29, 0.717) is 0 Å². The summed E-state index contributed by atoms with van der Waals surface area (Å²) in [5.41, 5.74) is -0.964. The summed E-state index contributed by atoms with van der Waals surface area (Å²) in [6.45, 7) is 3.32. The van der Waals surface area contributed by atoms with Crippen molar-refractivity contribution in [2.45, 2.75) is 51.1 Å². The van der Waals surface area contributed by atoms with Crippen molar-refractivity contribution in [3.63, 3.8) is 0 Å². The Morgan fingerprint density at radius 3 is 2.38 bits per heavy atom. The van der Waals surface area contributed by atoms with Gasteiger partial charge in [-0.15, -0.1) is 0 Å². The molecule has 1 rings (SSSR count). The molecule has 0 aromatic heterocycles. The van der Waals surface area contributed by atoms with Crippen molar-refractivity contribution < 1.29 is 18.7 Å². The Morgan fingerprint density at radius 1 is 1.44 bits per heavy atom. The van der Waals surface area contributed by atoms with Gasteiger partial charge < -0.3 is 10.4 Å². The molecule has 16 heavy (non-hydrogen) atoms. The van der Waals surface area contributed by atoms with Gasteiger partial charge in [-0.25, -0.2) is 8.78 Å². The fourth-order valence-electron chi connectivity index (χ4n) is 1.75. The summed E-state index contributed by atoms with van der Waals surface area (Å²) in [5.74, 6) is -3.16. The number of hydrogen-bond acceptors (Lipinski definition) is 2. The lowest BCUT2D eigenvalue weighted by atomic mass is 9.86. The first-order valence-electron chi connectivity index (χ1n) is 5.58. The Labute approximate surface area is 94.2 Å². The molecular weight excluding hydrogens is 216 g/mol. The first kappa shape index (κ1) is 13.4. The van der Waals surface area contributed by atoms with E-state index in [1.807, 2.05) is 0 Å². The molecule has 0 saturated heterocycles. The SMILES string of the molecule is CC(C)(O)CNC(=O)C1CCC(F)(F)CC1. The number of alkyl halides is 2. The molecule has 1 amide bonds. The first-order valence-corrected chi connectivity index (χ1v) is 5.58. The normalized spacial score (nSPS) is 21.8. The van der Waals surface area contributed by atoms with E-state index < -0.39 is 11.5 Å². The van der Waals surface area contributed by atoms with Crippen molar-refractivity contribution in [1.82, 2.24) is 5.32 Å². The van der Waals surface area contributed by atoms with Crippen LogP contribution in [0.2, 0.25) is 0 Å². The highest BCUT2D eigenvalue weighted by Crippen LogP contribution is 2.36. The van der Waals surface area contributed by atoms with Gasteiger partial charge in [0.2, 0.25) is 11.8 Å². The summed E-state index contributed by atoms with van der Waals surface area (Å²) in [5, 5.41) is 12.0. The predicted molar refractivity (Wildman–Crippen MR) is 56.2 cm³/mol. The second kappa shape index (κ2) is 4.65. The molecule has 94 valence electrons. The van der Waals surface area contributed by atoms with Gasteiger partial charge in [-0.3, -0.25) is 4.79 Å². The minimum Gasteiger partial charge on any atom is -0.389 e. The van der Waals surface area contributed by atoms with Gasteiger partial charge >= 0.3 is 0 Å². The molecule has 0 bridgehead atoms. The second-order valence-corrected chi connectivity index (χ2v) is 5.16. The number of nitrogens with one attached hydrogen (secondary N) is 1. The summed E-state index contributed by atoms with van der Waals surface area (Å²) in [7, 11) is 0. The van der Waals surface area contributed by atoms with Gasteiger partial charge in [-0.2, -0.15) is 0 Å². The lowest BCUT2D eigenvalue weighted by Gasteiger charge is -2.28. The predicted octanol–water partition coefficient (Wildman–Crippen LogP) is 1.70. The number of halogens is 2. The Morgan fingerprint density at radius 2 is 1.94 bits per heavy atom. The maximum atomic E-state index is 12.8. The van der Waals surface area contributed by atoms with E-state index in [2.05, 4.69) is 5.32 Å². The maximum absolute atomic E-state index is 12.8. The maximum Gasteiger partial charge on any atom is 0.248 e. The summed E-state index contributed by atoms with van der Waals surface area (Å²) < 4.78 is 25.7. The third-order valence-electron chi connectivity index (χ3n) is 2.78. The summed E-state index contributed by atoms with van der Waals surface area (Å²) in [6, 6.07) is 0. The van der Waals surface area contributed by atoms with Crippen LogP contribution in [-0.4, -0.2) is 29.1 Å². The monoisotopic (exact) mass is 235 g/mol. The lowest BCUT2D eigenvalue weighted by molar-refractivity contribution is -0.130. The van der Waals surface area contributed by atoms with E-state index in [0.717, 1.165) is 0 Å². The minimum atomic E-state index is -2.60. The fraction of sp³-hybridized carbons (Fsp3) is 0.909. The highest BCUT2D eigenvalue weighted by molar-refractivity contribution is 5.78. The number of carbonyl (C=O) groups is 1. The van der Waals surface area contributed by atoms with Gasteiger partial charge in [-0.1, -0.05) is 0 Å². The topological polar surface area (TPSA) is 49.3 Å². The van der Waals surface area contributed by atoms with E-state index in [9.17, 15) is 18.7 Å². The third-order valence-corrected chi connectivity index (χ3v) is 2.78. The quantitative estimate of drug-likeness (QED) is 0.782. The van der Waals surface area contributed by atoms with Crippen LogP contribution in [0.3, 0.4) is 0 Å². The number of rotatable bonds is 3. The molecule has 1 aliphatic rings. The summed E-state index contributed by atoms with van der Waals surface area (Å²) >= 11 is 0. The van der Waals surface area contributed by atoms with E-state index in [4.69, 9.17) is 0 Å². The zero-order chi connectivity index (χ0) is 12.4. The van der Waals surface area contributed by atoms with E-state index in [1.54, 1.807) is 13.8 Å². The molecule has 0 radical (unpaired) electrons. The molecule has 0 aromatic rings. The highest BCUT2D eigenvalue weighted by atomic mass is 19.3. The lowest BCUT2D eigenvalue weighted by Crippen LogP contribution is -2.42. The van der Waals surface area contributed by atoms with Crippen molar-refractivity contribution in [3.05, 3.63) is 0 Å². The molecule has 1 saturated carbocycles. The Kier molecular flexibility index (Phi) is 3.88. The van der Waals surface area contributed by atoms with Crippen molar-refractivity contribution >= 4 is 5.91 Å². The molecule has 0 aromatic carbocycles. The number of carbonyl (C=O) groups excluding carboxylic acids is 1. The molecule has 0 spiro atoms. The van der Waals surface area contributed by atoms with Crippen LogP contribution in [-0.2, 0) is 4.79 Å². The molecule has 1 fully saturated rings. The van der Waals surface area contributed by atoms with Crippen LogP contribution in [0.15, 0.2) is 0 Å². The molecule has 3 nitrogen and oxygen atoms in total. The Hall–Kier alpha value is -0.710. The fourth-order valence-corrected chi connectivity index (χ4v) is 1.75. The van der Waals surface area contributed by atoms with Crippen molar-refractivity contribution in [1.29, 1.82) is 0 Å². The van der Waals surface area contributed by atoms with Crippen molar-refractivity contribution in [2.24, 2.45) is 5.92 Å². The third kappa shape index (κ3) is 4.43. The number of aliphatic hydroxyl groups is 1. The Bertz CT molecular complexity index is 251. The van der Waals surface area contributed by atoms with Gasteiger partial charge in [0.25, 0.3) is 0 Å². The van der Waals surface area contributed by atoms with Crippen LogP contribution < -0.4 is 5.32 Å². The van der Waals surface area contributed by atoms with Gasteiger partial charge in [0.15, 0.2) is 0 Å². The smallest absolute Gasteiger partial charge is 0.248 e. The van der Waals surface area contributed by atoms with Gasteiger partial charge in [0.05, 0.1) is 5.60 Å². The highest BCUT2D eigenvalue weighted by Gasteiger charge is 2.37. The van der Waals surface area contributed by atoms with Crippen LogP contribution in [0, 0.1) is 5.92 Å². The van der Waals surface area contributed by atoms with Crippen LogP contribution in [0.5, 0.6) is 0 Å². The standard InChI is InChI=1S/C11H19F2NO2/c1-10(2,16)7-14-9(15)8-3-5-11(12,13)6-4-8/h8,16H,3-7H2,1-2H3,(H,14,15). The zero-order valence-corrected chi connectivity index (χ0v) is 9.72. The largest absolute Gasteiger partial charge is 0.389 e. The van der Waals surface area contributed by atoms with Gasteiger partial charge in [0, 0.05) is 25.3 Å². The minimum absolute atomic E-state index is 0.152. The summed E-state index contributed by atoms with van der Waals surface area (Å²) in [6.07, 6.45) is 0.0244. The van der Waals surface area contributed by atoms with Gasteiger partial charge in [-0.05, 0) is 26.7 Å². The molecule has 1 aliphatic carbocycles. The molecule has 2 N–H and O–H groups in total. The second-order valence-electron chi connectivity index (χ2n) is 5.16. The molecule has 0 heterocycles. The van der Waals surface area contributed by atoms with Crippen LogP contribution in [0.1, 0.15) is 39.5 Å². The van der Waals surface area contributed by atoms with Crippen LogP contribution >= 0.6 is 0 Å². The average molecular weight is 235 g/mol. The van der Waals surface area contributed by atoms with Crippen LogP contribution in [0.4, 0.5) is 8.78 Å².